The summed E-state index contributed by atoms with van der Waals surface area (Å²) in [5.74, 6) is -0.544. The number of para-hydroxylation sites is 2. The van der Waals surface area contributed by atoms with Crippen LogP contribution in [-0.2, 0) is 22.6 Å². The standard InChI is InChI=1S/C26H26N4O3/c31-24(27-16-15-20-9-3-1-4-10-20)18-29-22-13-7-8-14-23(22)30(19-25(29)32)26(33)28-17-21-11-5-2-6-12-21/h1-14H,15-19H2,(H,27,31)(H,28,33). The Bertz CT molecular complexity index is 1120. The summed E-state index contributed by atoms with van der Waals surface area (Å²) >= 11 is 0. The van der Waals surface area contributed by atoms with Crippen LogP contribution in [0.3, 0.4) is 0 Å². The Labute approximate surface area is 193 Å². The van der Waals surface area contributed by atoms with Gasteiger partial charge in [0.2, 0.25) is 11.8 Å². The second kappa shape index (κ2) is 10.5. The van der Waals surface area contributed by atoms with E-state index in [0.717, 1.165) is 11.1 Å². The van der Waals surface area contributed by atoms with Crippen molar-refractivity contribution in [1.29, 1.82) is 0 Å². The van der Waals surface area contributed by atoms with E-state index in [4.69, 9.17) is 0 Å². The Balaban J connectivity index is 1.39. The molecule has 7 nitrogen and oxygen atoms in total. The van der Waals surface area contributed by atoms with Crippen LogP contribution in [0.4, 0.5) is 16.2 Å². The number of nitrogens with zero attached hydrogens (tertiary/aromatic N) is 2. The lowest BCUT2D eigenvalue weighted by molar-refractivity contribution is -0.123. The number of amides is 4. The minimum atomic E-state index is -0.355. The van der Waals surface area contributed by atoms with E-state index in [1.54, 1.807) is 18.2 Å². The predicted octanol–water partition coefficient (Wildman–Crippen LogP) is 3.11. The maximum atomic E-state index is 12.9. The molecule has 3 aromatic carbocycles. The van der Waals surface area contributed by atoms with Crippen LogP contribution in [0.2, 0.25) is 0 Å². The highest BCUT2D eigenvalue weighted by molar-refractivity contribution is 6.12. The summed E-state index contributed by atoms with van der Waals surface area (Å²) < 4.78 is 0. The van der Waals surface area contributed by atoms with Crippen molar-refractivity contribution in [1.82, 2.24) is 10.6 Å². The zero-order valence-corrected chi connectivity index (χ0v) is 18.2. The number of benzene rings is 3. The number of urea groups is 1. The quantitative estimate of drug-likeness (QED) is 0.590. The highest BCUT2D eigenvalue weighted by Crippen LogP contribution is 2.33. The number of hydrogen-bond donors (Lipinski definition) is 2. The third-order valence-electron chi connectivity index (χ3n) is 5.47. The molecule has 4 rings (SSSR count). The molecule has 33 heavy (non-hydrogen) atoms. The lowest BCUT2D eigenvalue weighted by Gasteiger charge is -2.35. The molecule has 0 radical (unpaired) electrons. The number of carbonyl (C=O) groups is 3. The van der Waals surface area contributed by atoms with Crippen LogP contribution in [0.1, 0.15) is 11.1 Å². The Morgan fingerprint density at radius 1 is 0.758 bits per heavy atom. The fraction of sp³-hybridized carbons (Fsp3) is 0.192. The molecule has 1 aliphatic rings. The fourth-order valence-electron chi connectivity index (χ4n) is 3.77. The molecule has 0 unspecified atom stereocenters. The smallest absolute Gasteiger partial charge is 0.322 e. The van der Waals surface area contributed by atoms with Crippen molar-refractivity contribution in [2.75, 3.05) is 29.4 Å². The molecular formula is C26H26N4O3. The van der Waals surface area contributed by atoms with Gasteiger partial charge in [-0.2, -0.15) is 0 Å². The summed E-state index contributed by atoms with van der Waals surface area (Å²) in [5, 5.41) is 5.74. The molecule has 2 N–H and O–H groups in total. The van der Waals surface area contributed by atoms with Crippen LogP contribution < -0.4 is 20.4 Å². The van der Waals surface area contributed by atoms with Gasteiger partial charge in [0.25, 0.3) is 0 Å². The molecule has 0 spiro atoms. The van der Waals surface area contributed by atoms with E-state index in [-0.39, 0.29) is 30.9 Å². The Hall–Kier alpha value is -4.13. The van der Waals surface area contributed by atoms with Crippen molar-refractivity contribution in [3.8, 4) is 0 Å². The fourth-order valence-corrected chi connectivity index (χ4v) is 3.77. The first-order valence-electron chi connectivity index (χ1n) is 10.9. The molecule has 0 aromatic heterocycles. The summed E-state index contributed by atoms with van der Waals surface area (Å²) in [6.07, 6.45) is 0.715. The lowest BCUT2D eigenvalue weighted by atomic mass is 10.1. The van der Waals surface area contributed by atoms with Gasteiger partial charge in [-0.15, -0.1) is 0 Å². The van der Waals surface area contributed by atoms with Gasteiger partial charge in [0.15, 0.2) is 0 Å². The van der Waals surface area contributed by atoms with Crippen molar-refractivity contribution < 1.29 is 14.4 Å². The van der Waals surface area contributed by atoms with Gasteiger partial charge in [0.1, 0.15) is 13.1 Å². The zero-order chi connectivity index (χ0) is 23.0. The van der Waals surface area contributed by atoms with Crippen LogP contribution in [0.15, 0.2) is 84.9 Å². The number of nitrogens with one attached hydrogen (secondary N) is 2. The van der Waals surface area contributed by atoms with Gasteiger partial charge in [-0.3, -0.25) is 19.4 Å². The van der Waals surface area contributed by atoms with Gasteiger partial charge in [0, 0.05) is 13.1 Å². The van der Waals surface area contributed by atoms with E-state index in [0.29, 0.717) is 30.9 Å². The number of anilines is 2. The largest absolute Gasteiger partial charge is 0.354 e. The molecule has 1 heterocycles. The topological polar surface area (TPSA) is 81.8 Å². The minimum absolute atomic E-state index is 0.0931. The first kappa shape index (κ1) is 22.1. The first-order chi connectivity index (χ1) is 16.1. The third kappa shape index (κ3) is 5.57. The molecule has 3 aromatic rings. The van der Waals surface area contributed by atoms with E-state index in [9.17, 15) is 14.4 Å². The van der Waals surface area contributed by atoms with E-state index >= 15 is 0 Å². The maximum absolute atomic E-state index is 12.9. The van der Waals surface area contributed by atoms with Crippen molar-refractivity contribution in [3.05, 3.63) is 96.1 Å². The molecule has 7 heteroatoms. The average Bonchev–Trinajstić information content (AvgIpc) is 2.85. The lowest BCUT2D eigenvalue weighted by Crippen LogP contribution is -2.53. The highest BCUT2D eigenvalue weighted by Gasteiger charge is 2.33. The molecule has 4 amide bonds. The molecule has 0 atom stereocenters. The van der Waals surface area contributed by atoms with Gasteiger partial charge in [0.05, 0.1) is 11.4 Å². The Morgan fingerprint density at radius 3 is 2.06 bits per heavy atom. The average molecular weight is 443 g/mol. The predicted molar refractivity (Wildman–Crippen MR) is 128 cm³/mol. The van der Waals surface area contributed by atoms with Gasteiger partial charge < -0.3 is 10.6 Å². The maximum Gasteiger partial charge on any atom is 0.322 e. The third-order valence-corrected chi connectivity index (χ3v) is 5.47. The Morgan fingerprint density at radius 2 is 1.36 bits per heavy atom. The van der Waals surface area contributed by atoms with Crippen molar-refractivity contribution in [2.24, 2.45) is 0 Å². The monoisotopic (exact) mass is 442 g/mol. The minimum Gasteiger partial charge on any atom is -0.354 e. The summed E-state index contributed by atoms with van der Waals surface area (Å²) in [6, 6.07) is 26.2. The molecule has 0 bridgehead atoms. The normalized spacial score (nSPS) is 12.8. The van der Waals surface area contributed by atoms with Crippen molar-refractivity contribution >= 4 is 29.2 Å². The van der Waals surface area contributed by atoms with Gasteiger partial charge in [-0.05, 0) is 29.7 Å². The zero-order valence-electron chi connectivity index (χ0n) is 18.2. The van der Waals surface area contributed by atoms with Crippen LogP contribution in [0, 0.1) is 0 Å². The second-order valence-electron chi connectivity index (χ2n) is 7.78. The number of fused-ring (bicyclic) bond motifs is 1. The van der Waals surface area contributed by atoms with E-state index in [1.165, 1.54) is 9.80 Å². The van der Waals surface area contributed by atoms with Gasteiger partial charge in [-0.25, -0.2) is 4.79 Å². The summed E-state index contributed by atoms with van der Waals surface area (Å²) in [7, 11) is 0. The van der Waals surface area contributed by atoms with Crippen LogP contribution in [0.5, 0.6) is 0 Å². The second-order valence-corrected chi connectivity index (χ2v) is 7.78. The molecule has 0 saturated carbocycles. The van der Waals surface area contributed by atoms with E-state index < -0.39 is 0 Å². The van der Waals surface area contributed by atoms with Crippen LogP contribution in [0.25, 0.3) is 0 Å². The summed E-state index contributed by atoms with van der Waals surface area (Å²) in [6.45, 7) is 0.625. The molecule has 0 fully saturated rings. The molecule has 0 aliphatic carbocycles. The Kier molecular flexibility index (Phi) is 6.99. The molecule has 0 saturated heterocycles. The van der Waals surface area contributed by atoms with E-state index in [1.807, 2.05) is 66.7 Å². The van der Waals surface area contributed by atoms with Crippen LogP contribution in [-0.4, -0.2) is 37.5 Å². The van der Waals surface area contributed by atoms with Gasteiger partial charge >= 0.3 is 6.03 Å². The summed E-state index contributed by atoms with van der Waals surface area (Å²) in [4.78, 5) is 41.1. The van der Waals surface area contributed by atoms with Crippen LogP contribution >= 0.6 is 0 Å². The van der Waals surface area contributed by atoms with Gasteiger partial charge in [-0.1, -0.05) is 72.8 Å². The first-order valence-corrected chi connectivity index (χ1v) is 10.9. The SMILES string of the molecule is O=C(CN1C(=O)CN(C(=O)NCc2ccccc2)c2ccccc21)NCCc1ccccc1. The number of hydrogen-bond acceptors (Lipinski definition) is 3. The molecule has 168 valence electrons. The molecule has 1 aliphatic heterocycles. The number of rotatable bonds is 7. The van der Waals surface area contributed by atoms with E-state index in [2.05, 4.69) is 10.6 Å². The summed E-state index contributed by atoms with van der Waals surface area (Å²) in [5.41, 5.74) is 3.24. The van der Waals surface area contributed by atoms with Crippen molar-refractivity contribution in [3.63, 3.8) is 0 Å². The highest BCUT2D eigenvalue weighted by atomic mass is 16.2. The van der Waals surface area contributed by atoms with Crippen molar-refractivity contribution in [2.45, 2.75) is 13.0 Å². The number of carbonyl (C=O) groups excluding carboxylic acids is 3. The molecular weight excluding hydrogens is 416 g/mol.